The van der Waals surface area contributed by atoms with Crippen molar-refractivity contribution in [2.24, 2.45) is 5.73 Å². The second kappa shape index (κ2) is 3.40. The third-order valence-corrected chi connectivity index (χ3v) is 2.37. The van der Waals surface area contributed by atoms with E-state index < -0.39 is 0 Å². The quantitative estimate of drug-likeness (QED) is 0.732. The summed E-state index contributed by atoms with van der Waals surface area (Å²) in [6.45, 7) is 1.89. The Kier molecular flexibility index (Phi) is 2.23. The normalized spacial score (nSPS) is 13.4. The van der Waals surface area contributed by atoms with Gasteiger partial charge < -0.3 is 15.2 Å². The van der Waals surface area contributed by atoms with Gasteiger partial charge in [-0.25, -0.2) is 4.98 Å². The highest BCUT2D eigenvalue weighted by Crippen LogP contribution is 2.15. The summed E-state index contributed by atoms with van der Waals surface area (Å²) in [5, 5.41) is 9.00. The van der Waals surface area contributed by atoms with E-state index >= 15 is 0 Å². The molecule has 0 aliphatic rings. The van der Waals surface area contributed by atoms with Gasteiger partial charge >= 0.3 is 0 Å². The van der Waals surface area contributed by atoms with Crippen LogP contribution >= 0.6 is 0 Å². The predicted molar refractivity (Wildman–Crippen MR) is 53.9 cm³/mol. The monoisotopic (exact) mass is 191 g/mol. The van der Waals surface area contributed by atoms with E-state index in [0.717, 1.165) is 16.9 Å². The van der Waals surface area contributed by atoms with E-state index in [2.05, 4.69) is 4.98 Å². The molecule has 0 spiro atoms. The molecular formula is C10H13N3O. The molecule has 74 valence electrons. The molecule has 0 fully saturated rings. The van der Waals surface area contributed by atoms with Crippen molar-refractivity contribution in [3.63, 3.8) is 0 Å². The van der Waals surface area contributed by atoms with Crippen LogP contribution in [0.25, 0.3) is 5.52 Å². The minimum Gasteiger partial charge on any atom is -0.394 e. The molecule has 0 amide bonds. The Bertz CT molecular complexity index is 450. The number of nitrogens with two attached hydrogens (primary N) is 1. The van der Waals surface area contributed by atoms with Gasteiger partial charge in [-0.3, -0.25) is 0 Å². The van der Waals surface area contributed by atoms with Gasteiger partial charge in [0.2, 0.25) is 0 Å². The molecule has 0 saturated heterocycles. The lowest BCUT2D eigenvalue weighted by molar-refractivity contribution is 0.265. The van der Waals surface area contributed by atoms with E-state index in [-0.39, 0.29) is 12.6 Å². The fourth-order valence-electron chi connectivity index (χ4n) is 1.57. The molecule has 0 aliphatic heterocycles. The molecule has 0 aliphatic carbocycles. The van der Waals surface area contributed by atoms with Gasteiger partial charge in [-0.2, -0.15) is 0 Å². The number of pyridine rings is 1. The summed E-state index contributed by atoms with van der Waals surface area (Å²) >= 11 is 0. The molecule has 2 aromatic heterocycles. The lowest BCUT2D eigenvalue weighted by atomic mass is 10.2. The highest BCUT2D eigenvalue weighted by atomic mass is 16.3. The standard InChI is InChI=1S/C10H13N3O/c1-7-9-3-2-4-10(8(11)5-14)13(9)6-12-7/h2-4,6,8,14H,5,11H2,1H3. The second-order valence-electron chi connectivity index (χ2n) is 3.32. The summed E-state index contributed by atoms with van der Waals surface area (Å²) in [5.41, 5.74) is 8.65. The molecule has 1 atom stereocenters. The van der Waals surface area contributed by atoms with Crippen LogP contribution in [0.4, 0.5) is 0 Å². The van der Waals surface area contributed by atoms with E-state index in [9.17, 15) is 0 Å². The molecule has 4 heteroatoms. The van der Waals surface area contributed by atoms with Crippen LogP contribution in [0.5, 0.6) is 0 Å². The Morgan fingerprint density at radius 2 is 2.36 bits per heavy atom. The van der Waals surface area contributed by atoms with E-state index in [4.69, 9.17) is 10.8 Å². The SMILES string of the molecule is Cc1ncn2c(C(N)CO)cccc12. The number of fused-ring (bicyclic) bond motifs is 1. The molecule has 1 unspecified atom stereocenters. The van der Waals surface area contributed by atoms with Crippen molar-refractivity contribution < 1.29 is 5.11 Å². The smallest absolute Gasteiger partial charge is 0.0998 e. The summed E-state index contributed by atoms with van der Waals surface area (Å²) in [5.74, 6) is 0. The maximum absolute atomic E-state index is 9.00. The van der Waals surface area contributed by atoms with Gasteiger partial charge in [0.25, 0.3) is 0 Å². The largest absolute Gasteiger partial charge is 0.394 e. The molecular weight excluding hydrogens is 178 g/mol. The highest BCUT2D eigenvalue weighted by molar-refractivity contribution is 5.52. The number of aromatic nitrogens is 2. The number of hydrogen-bond acceptors (Lipinski definition) is 3. The highest BCUT2D eigenvalue weighted by Gasteiger charge is 2.09. The fraction of sp³-hybridized carbons (Fsp3) is 0.300. The number of imidazole rings is 1. The first-order valence-corrected chi connectivity index (χ1v) is 4.53. The van der Waals surface area contributed by atoms with Crippen LogP contribution in [0.1, 0.15) is 17.4 Å². The topological polar surface area (TPSA) is 63.5 Å². The average Bonchev–Trinajstić information content (AvgIpc) is 2.59. The second-order valence-corrected chi connectivity index (χ2v) is 3.32. The third-order valence-electron chi connectivity index (χ3n) is 2.37. The van der Waals surface area contributed by atoms with E-state index in [1.807, 2.05) is 29.5 Å². The van der Waals surface area contributed by atoms with Crippen LogP contribution in [0.2, 0.25) is 0 Å². The van der Waals surface area contributed by atoms with Crippen LogP contribution in [-0.2, 0) is 0 Å². The van der Waals surface area contributed by atoms with Crippen molar-refractivity contribution in [1.82, 2.24) is 9.38 Å². The van der Waals surface area contributed by atoms with Gasteiger partial charge in [0.05, 0.1) is 30.2 Å². The number of rotatable bonds is 2. The van der Waals surface area contributed by atoms with Gasteiger partial charge in [-0.15, -0.1) is 0 Å². The summed E-state index contributed by atoms with van der Waals surface area (Å²) in [7, 11) is 0. The molecule has 14 heavy (non-hydrogen) atoms. The van der Waals surface area contributed by atoms with Gasteiger partial charge in [-0.05, 0) is 19.1 Å². The summed E-state index contributed by atoms with van der Waals surface area (Å²) in [6, 6.07) is 5.45. The molecule has 4 nitrogen and oxygen atoms in total. The van der Waals surface area contributed by atoms with Gasteiger partial charge in [0.1, 0.15) is 0 Å². The Labute approximate surface area is 82.0 Å². The lowest BCUT2D eigenvalue weighted by Crippen LogP contribution is -2.17. The van der Waals surface area contributed by atoms with E-state index in [1.165, 1.54) is 0 Å². The zero-order valence-corrected chi connectivity index (χ0v) is 8.01. The van der Waals surface area contributed by atoms with Crippen molar-refractivity contribution in [3.8, 4) is 0 Å². The Hall–Kier alpha value is -1.39. The van der Waals surface area contributed by atoms with Crippen LogP contribution in [0, 0.1) is 6.92 Å². The fourth-order valence-corrected chi connectivity index (χ4v) is 1.57. The summed E-state index contributed by atoms with van der Waals surface area (Å²) in [4.78, 5) is 4.20. The number of aliphatic hydroxyl groups is 1. The Balaban J connectivity index is 2.65. The lowest BCUT2D eigenvalue weighted by Gasteiger charge is -2.10. The molecule has 2 aromatic rings. The first kappa shape index (κ1) is 9.18. The maximum Gasteiger partial charge on any atom is 0.0998 e. The zero-order valence-electron chi connectivity index (χ0n) is 8.01. The van der Waals surface area contributed by atoms with Crippen molar-refractivity contribution >= 4 is 5.52 Å². The van der Waals surface area contributed by atoms with Crippen LogP contribution in [0.15, 0.2) is 24.5 Å². The van der Waals surface area contributed by atoms with Crippen molar-refractivity contribution in [1.29, 1.82) is 0 Å². The summed E-state index contributed by atoms with van der Waals surface area (Å²) < 4.78 is 1.91. The minimum atomic E-state index is -0.354. The molecule has 2 rings (SSSR count). The number of aryl methyl sites for hydroxylation is 1. The molecule has 2 heterocycles. The van der Waals surface area contributed by atoms with Crippen LogP contribution < -0.4 is 5.73 Å². The van der Waals surface area contributed by atoms with Gasteiger partial charge in [0, 0.05) is 5.69 Å². The van der Waals surface area contributed by atoms with Crippen molar-refractivity contribution in [2.45, 2.75) is 13.0 Å². The van der Waals surface area contributed by atoms with Crippen LogP contribution in [0.3, 0.4) is 0 Å². The van der Waals surface area contributed by atoms with Gasteiger partial charge in [-0.1, -0.05) is 6.07 Å². The first-order chi connectivity index (χ1) is 6.74. The predicted octanol–water partition coefficient (Wildman–Crippen LogP) is 0.635. The number of nitrogens with zero attached hydrogens (tertiary/aromatic N) is 2. The first-order valence-electron chi connectivity index (χ1n) is 4.53. The Morgan fingerprint density at radius 1 is 1.57 bits per heavy atom. The minimum absolute atomic E-state index is 0.0592. The molecule has 0 saturated carbocycles. The molecule has 0 bridgehead atoms. The Morgan fingerprint density at radius 3 is 3.07 bits per heavy atom. The van der Waals surface area contributed by atoms with E-state index in [1.54, 1.807) is 6.33 Å². The van der Waals surface area contributed by atoms with Crippen LogP contribution in [-0.4, -0.2) is 21.1 Å². The number of aliphatic hydroxyl groups excluding tert-OH is 1. The molecule has 3 N–H and O–H groups in total. The number of hydrogen-bond donors (Lipinski definition) is 2. The average molecular weight is 191 g/mol. The zero-order chi connectivity index (χ0) is 10.1. The van der Waals surface area contributed by atoms with E-state index in [0.29, 0.717) is 0 Å². The molecule has 0 aromatic carbocycles. The van der Waals surface area contributed by atoms with Gasteiger partial charge in [0.15, 0.2) is 0 Å². The maximum atomic E-state index is 9.00. The third kappa shape index (κ3) is 1.29. The van der Waals surface area contributed by atoms with Crippen molar-refractivity contribution in [3.05, 3.63) is 35.9 Å². The van der Waals surface area contributed by atoms with Crippen molar-refractivity contribution in [2.75, 3.05) is 6.61 Å². The molecule has 0 radical (unpaired) electrons. The summed E-state index contributed by atoms with van der Waals surface area (Å²) in [6.07, 6.45) is 1.73.